The van der Waals surface area contributed by atoms with Crippen LogP contribution in [-0.4, -0.2) is 17.0 Å². The van der Waals surface area contributed by atoms with E-state index in [1.165, 1.54) is 6.07 Å². The van der Waals surface area contributed by atoms with E-state index in [-0.39, 0.29) is 5.82 Å². The van der Waals surface area contributed by atoms with E-state index in [0.717, 1.165) is 11.3 Å². The highest BCUT2D eigenvalue weighted by atomic mass is 19.1. The summed E-state index contributed by atoms with van der Waals surface area (Å²) >= 11 is 0. The van der Waals surface area contributed by atoms with Crippen molar-refractivity contribution < 1.29 is 4.39 Å². The highest BCUT2D eigenvalue weighted by Gasteiger charge is 2.05. The lowest BCUT2D eigenvalue weighted by atomic mass is 10.1. The minimum absolute atomic E-state index is 0.206. The fourth-order valence-corrected chi connectivity index (χ4v) is 1.51. The average Bonchev–Trinajstić information content (AvgIpc) is 2.33. The Morgan fingerprint density at radius 3 is 2.88 bits per heavy atom. The van der Waals surface area contributed by atoms with E-state index in [1.807, 2.05) is 0 Å². The van der Waals surface area contributed by atoms with E-state index in [4.69, 9.17) is 0 Å². The highest BCUT2D eigenvalue weighted by Crippen LogP contribution is 2.19. The zero-order valence-electron chi connectivity index (χ0n) is 8.94. The van der Waals surface area contributed by atoms with E-state index < -0.39 is 0 Å². The maximum absolute atomic E-state index is 13.4. The summed E-state index contributed by atoms with van der Waals surface area (Å²) in [7, 11) is 1.79. The zero-order chi connectivity index (χ0) is 11.4. The van der Waals surface area contributed by atoms with Crippen molar-refractivity contribution >= 4 is 0 Å². The Bertz CT molecular complexity index is 471. The van der Waals surface area contributed by atoms with E-state index in [9.17, 15) is 4.39 Å². The smallest absolute Gasteiger partial charge is 0.127 e. The molecule has 0 spiro atoms. The van der Waals surface area contributed by atoms with E-state index in [1.54, 1.807) is 37.8 Å². The van der Waals surface area contributed by atoms with Crippen LogP contribution in [0.5, 0.6) is 0 Å². The number of nitrogens with one attached hydrogen (secondary N) is 1. The molecule has 2 rings (SSSR count). The molecule has 0 aliphatic heterocycles. The van der Waals surface area contributed by atoms with Gasteiger partial charge in [-0.25, -0.2) is 4.39 Å². The molecule has 4 heteroatoms. The van der Waals surface area contributed by atoms with Gasteiger partial charge in [-0.1, -0.05) is 0 Å². The van der Waals surface area contributed by atoms with Gasteiger partial charge in [-0.3, -0.25) is 9.97 Å². The molecule has 1 aromatic carbocycles. The van der Waals surface area contributed by atoms with Gasteiger partial charge in [0.25, 0.3) is 0 Å². The second kappa shape index (κ2) is 4.81. The maximum atomic E-state index is 13.4. The van der Waals surface area contributed by atoms with Crippen LogP contribution in [0.3, 0.4) is 0 Å². The predicted molar refractivity (Wildman–Crippen MR) is 60.2 cm³/mol. The van der Waals surface area contributed by atoms with Crippen LogP contribution < -0.4 is 5.32 Å². The number of nitrogens with zero attached hydrogens (tertiary/aromatic N) is 2. The van der Waals surface area contributed by atoms with Gasteiger partial charge in [-0.15, -0.1) is 0 Å². The molecule has 0 bridgehead atoms. The largest absolute Gasteiger partial charge is 0.316 e. The molecule has 16 heavy (non-hydrogen) atoms. The Morgan fingerprint density at radius 2 is 2.19 bits per heavy atom. The fourth-order valence-electron chi connectivity index (χ4n) is 1.51. The number of rotatable bonds is 3. The van der Waals surface area contributed by atoms with Crippen LogP contribution in [0.25, 0.3) is 11.3 Å². The summed E-state index contributed by atoms with van der Waals surface area (Å²) in [4.78, 5) is 8.16. The first-order valence-electron chi connectivity index (χ1n) is 5.00. The van der Waals surface area contributed by atoms with Gasteiger partial charge in [-0.2, -0.15) is 0 Å². The summed E-state index contributed by atoms with van der Waals surface area (Å²) in [5, 5.41) is 2.93. The molecule has 1 N–H and O–H groups in total. The Morgan fingerprint density at radius 1 is 1.31 bits per heavy atom. The zero-order valence-corrected chi connectivity index (χ0v) is 8.94. The van der Waals surface area contributed by atoms with Gasteiger partial charge in [0.15, 0.2) is 0 Å². The van der Waals surface area contributed by atoms with Crippen molar-refractivity contribution in [2.45, 2.75) is 6.54 Å². The van der Waals surface area contributed by atoms with Crippen molar-refractivity contribution in [2.24, 2.45) is 0 Å². The van der Waals surface area contributed by atoms with Gasteiger partial charge < -0.3 is 5.32 Å². The number of aromatic nitrogens is 2. The molecular weight excluding hydrogens is 205 g/mol. The fraction of sp³-hybridized carbons (Fsp3) is 0.167. The van der Waals surface area contributed by atoms with Gasteiger partial charge >= 0.3 is 0 Å². The Hall–Kier alpha value is -1.81. The van der Waals surface area contributed by atoms with Crippen LogP contribution in [0, 0.1) is 5.82 Å². The van der Waals surface area contributed by atoms with Crippen molar-refractivity contribution in [3.63, 3.8) is 0 Å². The first kappa shape index (κ1) is 10.7. The van der Waals surface area contributed by atoms with Gasteiger partial charge in [0.2, 0.25) is 0 Å². The van der Waals surface area contributed by atoms with Crippen LogP contribution >= 0.6 is 0 Å². The lowest BCUT2D eigenvalue weighted by Crippen LogP contribution is -2.07. The lowest BCUT2D eigenvalue weighted by molar-refractivity contribution is 0.601. The van der Waals surface area contributed by atoms with Crippen molar-refractivity contribution in [1.82, 2.24) is 15.3 Å². The van der Waals surface area contributed by atoms with Crippen molar-refractivity contribution in [1.29, 1.82) is 0 Å². The van der Waals surface area contributed by atoms with Crippen LogP contribution in [0.4, 0.5) is 4.39 Å². The quantitative estimate of drug-likeness (QED) is 0.854. The predicted octanol–water partition coefficient (Wildman–Crippen LogP) is 2.00. The second-order valence-electron chi connectivity index (χ2n) is 3.43. The highest BCUT2D eigenvalue weighted by molar-refractivity contribution is 5.58. The summed E-state index contributed by atoms with van der Waals surface area (Å²) in [6.07, 6.45) is 4.90. The van der Waals surface area contributed by atoms with E-state index in [0.29, 0.717) is 12.1 Å². The van der Waals surface area contributed by atoms with Crippen molar-refractivity contribution in [3.05, 3.63) is 48.2 Å². The van der Waals surface area contributed by atoms with Crippen LogP contribution in [0.2, 0.25) is 0 Å². The summed E-state index contributed by atoms with van der Waals surface area (Å²) in [6, 6.07) is 4.95. The van der Waals surface area contributed by atoms with Gasteiger partial charge in [0, 0.05) is 30.1 Å². The molecule has 0 radical (unpaired) electrons. The topological polar surface area (TPSA) is 37.8 Å². The second-order valence-corrected chi connectivity index (χ2v) is 3.43. The SMILES string of the molecule is CNCc1cc(-c2cnccn2)ccc1F. The minimum Gasteiger partial charge on any atom is -0.316 e. The minimum atomic E-state index is -0.206. The standard InChI is InChI=1S/C12H12FN3/c1-14-7-10-6-9(2-3-11(10)13)12-8-15-4-5-16-12/h2-6,8,14H,7H2,1H3. The summed E-state index contributed by atoms with van der Waals surface area (Å²) in [6.45, 7) is 0.500. The molecule has 0 saturated heterocycles. The molecule has 0 unspecified atom stereocenters. The third-order valence-electron chi connectivity index (χ3n) is 2.27. The molecule has 1 heterocycles. The maximum Gasteiger partial charge on any atom is 0.127 e. The number of hydrogen-bond acceptors (Lipinski definition) is 3. The molecule has 3 nitrogen and oxygen atoms in total. The van der Waals surface area contributed by atoms with E-state index >= 15 is 0 Å². The summed E-state index contributed by atoms with van der Waals surface area (Å²) < 4.78 is 13.4. The first-order valence-corrected chi connectivity index (χ1v) is 5.00. The van der Waals surface area contributed by atoms with Gasteiger partial charge in [0.05, 0.1) is 11.9 Å². The number of halogens is 1. The molecule has 0 saturated carbocycles. The molecule has 0 atom stereocenters. The first-order chi connectivity index (χ1) is 7.81. The van der Waals surface area contributed by atoms with Gasteiger partial charge in [0.1, 0.15) is 5.82 Å². The molecular formula is C12H12FN3. The summed E-state index contributed by atoms with van der Waals surface area (Å²) in [5.74, 6) is -0.206. The number of benzene rings is 1. The average molecular weight is 217 g/mol. The molecule has 0 amide bonds. The molecule has 0 aliphatic carbocycles. The molecule has 2 aromatic rings. The third-order valence-corrected chi connectivity index (χ3v) is 2.27. The van der Waals surface area contributed by atoms with Crippen molar-refractivity contribution in [3.8, 4) is 11.3 Å². The van der Waals surface area contributed by atoms with Crippen molar-refractivity contribution in [2.75, 3.05) is 7.05 Å². The Balaban J connectivity index is 2.40. The van der Waals surface area contributed by atoms with Crippen LogP contribution in [-0.2, 0) is 6.54 Å². The Labute approximate surface area is 93.4 Å². The van der Waals surface area contributed by atoms with Crippen LogP contribution in [0.1, 0.15) is 5.56 Å². The Kier molecular flexibility index (Phi) is 3.22. The summed E-state index contributed by atoms with van der Waals surface area (Å²) in [5.41, 5.74) is 2.25. The lowest BCUT2D eigenvalue weighted by Gasteiger charge is -2.05. The molecule has 1 aromatic heterocycles. The monoisotopic (exact) mass is 217 g/mol. The molecule has 82 valence electrons. The van der Waals surface area contributed by atoms with E-state index in [2.05, 4.69) is 15.3 Å². The van der Waals surface area contributed by atoms with Crippen LogP contribution in [0.15, 0.2) is 36.8 Å². The molecule has 0 aliphatic rings. The third kappa shape index (κ3) is 2.23. The normalized spacial score (nSPS) is 10.4. The number of hydrogen-bond donors (Lipinski definition) is 1. The molecule has 0 fully saturated rings. The van der Waals surface area contributed by atoms with Gasteiger partial charge in [-0.05, 0) is 25.2 Å².